The number of carbonyl (C=O) groups excluding carboxylic acids is 2. The van der Waals surface area contributed by atoms with Crippen LogP contribution in [0.25, 0.3) is 0 Å². The fourth-order valence-electron chi connectivity index (χ4n) is 1.95. The van der Waals surface area contributed by atoms with Crippen LogP contribution in [0.4, 0.5) is 11.4 Å². The maximum absolute atomic E-state index is 12.0. The van der Waals surface area contributed by atoms with Crippen LogP contribution in [0.3, 0.4) is 0 Å². The standard InChI is InChI=1S/C15H14N4O6S/c1-26(24,25)11-5-2-9(3-6-11)14(20)17-18-15(21)10-4-7-12(16)13(8-10)19(22)23/h2-8H,16H2,1H3,(H,17,20)(H,18,21). The molecule has 11 heteroatoms. The third-order valence-electron chi connectivity index (χ3n) is 3.32. The van der Waals surface area contributed by atoms with Gasteiger partial charge in [-0.1, -0.05) is 0 Å². The highest BCUT2D eigenvalue weighted by Crippen LogP contribution is 2.22. The minimum atomic E-state index is -3.39. The Bertz CT molecular complexity index is 986. The van der Waals surface area contributed by atoms with Crippen LogP contribution in [0.5, 0.6) is 0 Å². The van der Waals surface area contributed by atoms with Gasteiger partial charge in [-0.2, -0.15) is 0 Å². The number of nitrogens with zero attached hydrogens (tertiary/aromatic N) is 1. The Morgan fingerprint density at radius 2 is 1.50 bits per heavy atom. The first-order valence-corrected chi connectivity index (χ1v) is 8.93. The van der Waals surface area contributed by atoms with Gasteiger partial charge in [-0.25, -0.2) is 8.42 Å². The smallest absolute Gasteiger partial charge is 0.292 e. The second-order valence-corrected chi connectivity index (χ2v) is 7.25. The molecule has 0 bridgehead atoms. The summed E-state index contributed by atoms with van der Waals surface area (Å²) >= 11 is 0. The topological polar surface area (TPSA) is 162 Å². The third kappa shape index (κ3) is 4.33. The molecule has 2 rings (SSSR count). The first-order chi connectivity index (χ1) is 12.1. The molecule has 2 amide bonds. The van der Waals surface area contributed by atoms with Gasteiger partial charge in [0.25, 0.3) is 17.5 Å². The predicted molar refractivity (Wildman–Crippen MR) is 92.0 cm³/mol. The van der Waals surface area contributed by atoms with Gasteiger partial charge in [-0.05, 0) is 36.4 Å². The van der Waals surface area contributed by atoms with E-state index in [0.717, 1.165) is 12.3 Å². The molecule has 0 saturated heterocycles. The quantitative estimate of drug-likeness (QED) is 0.400. The number of amides is 2. The molecule has 0 radical (unpaired) electrons. The molecule has 0 saturated carbocycles. The van der Waals surface area contributed by atoms with Crippen molar-refractivity contribution in [1.82, 2.24) is 10.9 Å². The van der Waals surface area contributed by atoms with Gasteiger partial charge in [0.2, 0.25) is 0 Å². The Balaban J connectivity index is 2.06. The van der Waals surface area contributed by atoms with Crippen LogP contribution in [0.15, 0.2) is 47.4 Å². The molecule has 0 heterocycles. The Hall–Kier alpha value is -3.47. The van der Waals surface area contributed by atoms with Crippen LogP contribution >= 0.6 is 0 Å². The Morgan fingerprint density at radius 3 is 2.00 bits per heavy atom. The van der Waals surface area contributed by atoms with E-state index in [2.05, 4.69) is 10.9 Å². The molecule has 0 spiro atoms. The first kappa shape index (κ1) is 18.9. The molecule has 0 aliphatic rings. The molecular weight excluding hydrogens is 364 g/mol. The molecule has 26 heavy (non-hydrogen) atoms. The van der Waals surface area contributed by atoms with Crippen molar-refractivity contribution in [3.8, 4) is 0 Å². The van der Waals surface area contributed by atoms with Crippen molar-refractivity contribution in [2.75, 3.05) is 12.0 Å². The minimum absolute atomic E-state index is 0.0484. The molecule has 0 aliphatic carbocycles. The summed E-state index contributed by atoms with van der Waals surface area (Å²) in [4.78, 5) is 34.1. The minimum Gasteiger partial charge on any atom is -0.393 e. The van der Waals surface area contributed by atoms with Crippen molar-refractivity contribution in [1.29, 1.82) is 0 Å². The molecule has 0 fully saturated rings. The zero-order valence-electron chi connectivity index (χ0n) is 13.4. The maximum atomic E-state index is 12.0. The summed E-state index contributed by atoms with van der Waals surface area (Å²) in [5.41, 5.74) is 9.20. The summed E-state index contributed by atoms with van der Waals surface area (Å²) in [6, 6.07) is 8.55. The summed E-state index contributed by atoms with van der Waals surface area (Å²) < 4.78 is 22.7. The van der Waals surface area contributed by atoms with Crippen LogP contribution in [-0.4, -0.2) is 31.4 Å². The Kier molecular flexibility index (Phi) is 5.22. The largest absolute Gasteiger partial charge is 0.393 e. The van der Waals surface area contributed by atoms with Crippen molar-refractivity contribution in [2.24, 2.45) is 0 Å². The lowest BCUT2D eigenvalue weighted by Crippen LogP contribution is -2.41. The van der Waals surface area contributed by atoms with E-state index >= 15 is 0 Å². The van der Waals surface area contributed by atoms with Gasteiger partial charge >= 0.3 is 0 Å². The number of sulfone groups is 1. The van der Waals surface area contributed by atoms with Crippen molar-refractivity contribution in [3.05, 3.63) is 63.7 Å². The van der Waals surface area contributed by atoms with Crippen molar-refractivity contribution < 1.29 is 22.9 Å². The van der Waals surface area contributed by atoms with Crippen LogP contribution in [0.1, 0.15) is 20.7 Å². The lowest BCUT2D eigenvalue weighted by Gasteiger charge is -2.08. The lowest BCUT2D eigenvalue weighted by atomic mass is 10.1. The van der Waals surface area contributed by atoms with Crippen molar-refractivity contribution in [2.45, 2.75) is 4.90 Å². The number of benzene rings is 2. The van der Waals surface area contributed by atoms with Crippen molar-refractivity contribution in [3.63, 3.8) is 0 Å². The fraction of sp³-hybridized carbons (Fsp3) is 0.0667. The molecule has 10 nitrogen and oxygen atoms in total. The number of carbonyl (C=O) groups is 2. The van der Waals surface area contributed by atoms with Gasteiger partial charge in [0.05, 0.1) is 9.82 Å². The van der Waals surface area contributed by atoms with Gasteiger partial charge in [0.15, 0.2) is 9.84 Å². The molecule has 0 aromatic heterocycles. The van der Waals surface area contributed by atoms with E-state index in [1.165, 1.54) is 36.4 Å². The van der Waals surface area contributed by atoms with Crippen LogP contribution in [-0.2, 0) is 9.84 Å². The van der Waals surface area contributed by atoms with Gasteiger partial charge in [0.1, 0.15) is 5.69 Å². The number of rotatable bonds is 4. The average Bonchev–Trinajstić information content (AvgIpc) is 2.58. The molecular formula is C15H14N4O6S. The molecule has 0 atom stereocenters. The van der Waals surface area contributed by atoms with Crippen molar-refractivity contribution >= 4 is 33.0 Å². The summed E-state index contributed by atoms with van der Waals surface area (Å²) in [6.07, 6.45) is 1.04. The number of nitrogen functional groups attached to an aromatic ring is 1. The second kappa shape index (κ2) is 7.19. The summed E-state index contributed by atoms with van der Waals surface area (Å²) in [6.45, 7) is 0. The van der Waals surface area contributed by atoms with Gasteiger partial charge in [0, 0.05) is 23.4 Å². The average molecular weight is 378 g/mol. The number of nitro groups is 1. The summed E-state index contributed by atoms with van der Waals surface area (Å²) in [7, 11) is -3.39. The number of nitrogens with one attached hydrogen (secondary N) is 2. The monoisotopic (exact) mass is 378 g/mol. The number of nitrogens with two attached hydrogens (primary N) is 1. The molecule has 4 N–H and O–H groups in total. The van der Waals surface area contributed by atoms with E-state index in [9.17, 15) is 28.1 Å². The van der Waals surface area contributed by atoms with Gasteiger partial charge in [-0.3, -0.25) is 30.6 Å². The summed E-state index contributed by atoms with van der Waals surface area (Å²) in [5.74, 6) is -1.47. The highest BCUT2D eigenvalue weighted by Gasteiger charge is 2.16. The number of hydrogen-bond acceptors (Lipinski definition) is 7. The maximum Gasteiger partial charge on any atom is 0.292 e. The number of hydrogen-bond donors (Lipinski definition) is 3. The Morgan fingerprint density at radius 1 is 1.00 bits per heavy atom. The molecule has 2 aromatic rings. The number of anilines is 1. The summed E-state index contributed by atoms with van der Waals surface area (Å²) in [5, 5.41) is 10.8. The zero-order chi connectivity index (χ0) is 19.5. The van der Waals surface area contributed by atoms with Gasteiger partial charge < -0.3 is 5.73 Å². The third-order valence-corrected chi connectivity index (χ3v) is 4.45. The predicted octanol–water partition coefficient (Wildman–Crippen LogP) is 0.655. The van der Waals surface area contributed by atoms with E-state index < -0.39 is 32.3 Å². The zero-order valence-corrected chi connectivity index (χ0v) is 14.2. The molecule has 0 aliphatic heterocycles. The fourth-order valence-corrected chi connectivity index (χ4v) is 2.58. The highest BCUT2D eigenvalue weighted by molar-refractivity contribution is 7.90. The molecule has 2 aromatic carbocycles. The van der Waals surface area contributed by atoms with E-state index in [4.69, 9.17) is 5.73 Å². The van der Waals surface area contributed by atoms with E-state index in [1.807, 2.05) is 0 Å². The van der Waals surface area contributed by atoms with Crippen LogP contribution in [0.2, 0.25) is 0 Å². The highest BCUT2D eigenvalue weighted by atomic mass is 32.2. The van der Waals surface area contributed by atoms with E-state index in [1.54, 1.807) is 0 Å². The van der Waals surface area contributed by atoms with E-state index in [0.29, 0.717) is 0 Å². The number of hydrazine groups is 1. The Labute approximate surface area is 148 Å². The van der Waals surface area contributed by atoms with Crippen LogP contribution in [0, 0.1) is 10.1 Å². The second-order valence-electron chi connectivity index (χ2n) is 5.24. The molecule has 136 valence electrons. The number of nitro benzene ring substituents is 1. The van der Waals surface area contributed by atoms with Crippen LogP contribution < -0.4 is 16.6 Å². The molecule has 0 unspecified atom stereocenters. The normalized spacial score (nSPS) is 10.8. The first-order valence-electron chi connectivity index (χ1n) is 7.04. The van der Waals surface area contributed by atoms with Gasteiger partial charge in [-0.15, -0.1) is 0 Å². The SMILES string of the molecule is CS(=O)(=O)c1ccc(C(=O)NNC(=O)c2ccc(N)c([N+](=O)[O-])c2)cc1. The lowest BCUT2D eigenvalue weighted by molar-refractivity contribution is -0.383. The van der Waals surface area contributed by atoms with E-state index in [-0.39, 0.29) is 21.7 Å².